The Hall–Kier alpha value is -3.91. The Labute approximate surface area is 267 Å². The first-order valence-corrected chi connectivity index (χ1v) is 15.7. The van der Waals surface area contributed by atoms with Crippen LogP contribution < -0.4 is 5.32 Å². The van der Waals surface area contributed by atoms with Crippen molar-refractivity contribution in [1.82, 2.24) is 10.2 Å². The molecule has 0 saturated carbocycles. The summed E-state index contributed by atoms with van der Waals surface area (Å²) < 4.78 is 51.5. The number of carbonyl (C=O) groups excluding carboxylic acids is 2. The zero-order chi connectivity index (χ0) is 32.8. The molecule has 0 bridgehead atoms. The van der Waals surface area contributed by atoms with E-state index in [0.29, 0.717) is 39.5 Å². The van der Waals surface area contributed by atoms with Crippen molar-refractivity contribution in [1.29, 1.82) is 0 Å². The van der Waals surface area contributed by atoms with Gasteiger partial charge in [-0.2, -0.15) is 13.2 Å². The van der Waals surface area contributed by atoms with E-state index in [1.54, 1.807) is 48.5 Å². The van der Waals surface area contributed by atoms with Crippen LogP contribution in [-0.2, 0) is 32.2 Å². The highest BCUT2D eigenvalue weighted by molar-refractivity contribution is 7.99. The molecule has 2 aliphatic heterocycles. The van der Waals surface area contributed by atoms with Gasteiger partial charge < -0.3 is 29.9 Å². The quantitative estimate of drug-likeness (QED) is 0.248. The van der Waals surface area contributed by atoms with Crippen molar-refractivity contribution in [2.75, 3.05) is 12.3 Å². The van der Waals surface area contributed by atoms with Crippen LogP contribution in [0.3, 0.4) is 0 Å². The van der Waals surface area contributed by atoms with Crippen LogP contribution in [0.1, 0.15) is 64.3 Å². The summed E-state index contributed by atoms with van der Waals surface area (Å²) in [5.74, 6) is -3.19. The van der Waals surface area contributed by atoms with Gasteiger partial charge in [0, 0.05) is 35.7 Å². The average molecular weight is 659 g/mol. The van der Waals surface area contributed by atoms with Crippen LogP contribution >= 0.6 is 11.8 Å². The van der Waals surface area contributed by atoms with Gasteiger partial charge in [-0.25, -0.2) is 4.79 Å². The van der Waals surface area contributed by atoms with Gasteiger partial charge in [-0.05, 0) is 41.7 Å². The number of aliphatic hydroxyl groups excluding tert-OH is 1. The van der Waals surface area contributed by atoms with Gasteiger partial charge in [0.2, 0.25) is 5.91 Å². The molecule has 0 aromatic heterocycles. The fraction of sp³-hybridized carbons (Fsp3) is 0.364. The smallest absolute Gasteiger partial charge is 0.471 e. The molecule has 0 radical (unpaired) electrons. The number of alkyl halides is 3. The molecule has 0 spiro atoms. The Morgan fingerprint density at radius 2 is 1.61 bits per heavy atom. The highest BCUT2D eigenvalue weighted by Crippen LogP contribution is 2.40. The van der Waals surface area contributed by atoms with E-state index in [4.69, 9.17) is 9.47 Å². The molecule has 2 heterocycles. The number of aromatic carboxylic acids is 1. The fourth-order valence-corrected chi connectivity index (χ4v) is 6.59. The summed E-state index contributed by atoms with van der Waals surface area (Å²) in [5.41, 5.74) is 3.26. The number of thioether (sulfide) groups is 1. The van der Waals surface area contributed by atoms with Gasteiger partial charge in [0.1, 0.15) is 6.04 Å². The third kappa shape index (κ3) is 8.08. The number of halogens is 3. The van der Waals surface area contributed by atoms with Gasteiger partial charge in [0.05, 0.1) is 24.4 Å². The number of likely N-dealkylation sites (tertiary alicyclic amines) is 1. The zero-order valence-corrected chi connectivity index (χ0v) is 25.4. The highest BCUT2D eigenvalue weighted by atomic mass is 32.2. The first kappa shape index (κ1) is 33.5. The summed E-state index contributed by atoms with van der Waals surface area (Å²) >= 11 is 1.39. The van der Waals surface area contributed by atoms with E-state index in [9.17, 15) is 37.8 Å². The van der Waals surface area contributed by atoms with Gasteiger partial charge in [0.25, 0.3) is 0 Å². The maximum absolute atomic E-state index is 12.9. The van der Waals surface area contributed by atoms with Gasteiger partial charge >= 0.3 is 18.1 Å². The number of rotatable bonds is 10. The number of nitrogens with one attached hydrogen (secondary N) is 1. The van der Waals surface area contributed by atoms with E-state index in [0.717, 1.165) is 11.1 Å². The molecule has 3 aromatic carbocycles. The van der Waals surface area contributed by atoms with Crippen LogP contribution in [0.5, 0.6) is 0 Å². The van der Waals surface area contributed by atoms with E-state index in [-0.39, 0.29) is 43.9 Å². The maximum atomic E-state index is 12.9. The monoisotopic (exact) mass is 658 g/mol. The minimum absolute atomic E-state index is 0.0537. The van der Waals surface area contributed by atoms with Gasteiger partial charge in [-0.3, -0.25) is 9.59 Å². The molecule has 0 aliphatic carbocycles. The number of hydrogen-bond donors (Lipinski definition) is 3. The van der Waals surface area contributed by atoms with E-state index < -0.39 is 36.3 Å². The Morgan fingerprint density at radius 3 is 2.28 bits per heavy atom. The van der Waals surface area contributed by atoms with Gasteiger partial charge in [0.15, 0.2) is 6.29 Å². The van der Waals surface area contributed by atoms with E-state index >= 15 is 0 Å². The molecule has 46 heavy (non-hydrogen) atoms. The molecule has 4 atom stereocenters. The normalized spacial score (nSPS) is 21.6. The molecule has 0 unspecified atom stereocenters. The van der Waals surface area contributed by atoms with Crippen molar-refractivity contribution in [2.24, 2.45) is 0 Å². The highest BCUT2D eigenvalue weighted by Gasteiger charge is 2.47. The predicted molar refractivity (Wildman–Crippen MR) is 162 cm³/mol. The molecule has 2 saturated heterocycles. The standard InChI is InChI=1S/C33H33F3N2O7S/c34-33(35,36)32(43)38-15-3-5-26(38)29(40)37-17-20-7-13-23(14-8-20)31-44-24(19-46-28-6-2-1-4-25(28)30(41)42)16-27(45-31)22-11-9-21(18-39)10-12-22/h1-2,4,6-14,24,26-27,31,39H,3,5,15-19H2,(H,37,40)(H,41,42)/t24-,26-,27+,31+/m0/s1. The molecule has 5 rings (SSSR count). The molecule has 2 amide bonds. The first-order chi connectivity index (χ1) is 22.0. The summed E-state index contributed by atoms with van der Waals surface area (Å²) in [4.78, 5) is 37.3. The topological polar surface area (TPSA) is 125 Å². The van der Waals surface area contributed by atoms with Crippen molar-refractivity contribution in [3.63, 3.8) is 0 Å². The lowest BCUT2D eigenvalue weighted by Gasteiger charge is -2.36. The largest absolute Gasteiger partial charge is 0.478 e. The molecule has 244 valence electrons. The number of hydrogen-bond acceptors (Lipinski definition) is 7. The third-order valence-corrected chi connectivity index (χ3v) is 9.14. The molecule has 2 aliphatic rings. The van der Waals surface area contributed by atoms with Crippen LogP contribution in [0.2, 0.25) is 0 Å². The Morgan fingerprint density at radius 1 is 0.935 bits per heavy atom. The van der Waals surface area contributed by atoms with Gasteiger partial charge in [-0.15, -0.1) is 11.8 Å². The number of carboxylic acids is 1. The van der Waals surface area contributed by atoms with Crippen molar-refractivity contribution in [3.8, 4) is 0 Å². The van der Waals surface area contributed by atoms with Crippen molar-refractivity contribution < 1.29 is 47.2 Å². The number of benzene rings is 3. The lowest BCUT2D eigenvalue weighted by atomic mass is 10.0. The minimum atomic E-state index is -5.04. The van der Waals surface area contributed by atoms with E-state index in [2.05, 4.69) is 5.32 Å². The molecule has 13 heteroatoms. The van der Waals surface area contributed by atoms with Crippen LogP contribution in [-0.4, -0.2) is 63.5 Å². The zero-order valence-electron chi connectivity index (χ0n) is 24.6. The van der Waals surface area contributed by atoms with Crippen molar-refractivity contribution >= 4 is 29.5 Å². The first-order valence-electron chi connectivity index (χ1n) is 14.7. The number of carboxylic acid groups (broad SMARTS) is 1. The molecule has 3 N–H and O–H groups in total. The van der Waals surface area contributed by atoms with Crippen LogP contribution in [0.4, 0.5) is 13.2 Å². The number of amides is 2. The fourth-order valence-electron chi connectivity index (χ4n) is 5.52. The van der Waals surface area contributed by atoms with Crippen LogP contribution in [0.25, 0.3) is 0 Å². The van der Waals surface area contributed by atoms with Crippen LogP contribution in [0.15, 0.2) is 77.7 Å². The minimum Gasteiger partial charge on any atom is -0.478 e. The second-order valence-corrected chi connectivity index (χ2v) is 12.1. The number of aliphatic hydroxyl groups is 1. The summed E-state index contributed by atoms with van der Waals surface area (Å²) in [5, 5.41) is 21.7. The Balaban J connectivity index is 1.26. The lowest BCUT2D eigenvalue weighted by Crippen LogP contribution is -2.50. The van der Waals surface area contributed by atoms with Gasteiger partial charge in [-0.1, -0.05) is 60.7 Å². The van der Waals surface area contributed by atoms with Crippen molar-refractivity contribution in [2.45, 2.75) is 68.0 Å². The number of ether oxygens (including phenoxy) is 2. The second kappa shape index (κ2) is 14.7. The molecular formula is C33H33F3N2O7S. The summed E-state index contributed by atoms with van der Waals surface area (Å²) in [7, 11) is 0. The summed E-state index contributed by atoms with van der Waals surface area (Å²) in [6.07, 6.45) is -5.47. The third-order valence-electron chi connectivity index (χ3n) is 7.93. The SMILES string of the molecule is O=C(O)c1ccccc1SC[C@@H]1C[C@H](c2ccc(CO)cc2)O[C@H](c2ccc(CNC(=O)[C@@H]3CCCN3C(=O)C(F)(F)F)cc2)O1. The van der Waals surface area contributed by atoms with Crippen LogP contribution in [0, 0.1) is 0 Å². The molecule has 9 nitrogen and oxygen atoms in total. The molecular weight excluding hydrogens is 625 g/mol. The molecule has 3 aromatic rings. The van der Waals surface area contributed by atoms with E-state index in [1.807, 2.05) is 24.3 Å². The summed E-state index contributed by atoms with van der Waals surface area (Å²) in [6.45, 7) is -0.153. The average Bonchev–Trinajstić information content (AvgIpc) is 3.56. The summed E-state index contributed by atoms with van der Waals surface area (Å²) in [6, 6.07) is 20.1. The maximum Gasteiger partial charge on any atom is 0.471 e. The second-order valence-electron chi connectivity index (χ2n) is 11.1. The Kier molecular flexibility index (Phi) is 10.7. The number of carbonyl (C=O) groups is 3. The predicted octanol–water partition coefficient (Wildman–Crippen LogP) is 5.38. The lowest BCUT2D eigenvalue weighted by molar-refractivity contribution is -0.245. The molecule has 2 fully saturated rings. The van der Waals surface area contributed by atoms with E-state index in [1.165, 1.54) is 11.8 Å². The van der Waals surface area contributed by atoms with Crippen molar-refractivity contribution in [3.05, 3.63) is 101 Å². The number of nitrogens with zero attached hydrogens (tertiary/aromatic N) is 1. The Bertz CT molecular complexity index is 1540.